The molecule has 1 amide bonds. The number of benzene rings is 2. The van der Waals surface area contributed by atoms with Crippen molar-refractivity contribution in [1.82, 2.24) is 9.97 Å². The summed E-state index contributed by atoms with van der Waals surface area (Å²) in [6.45, 7) is 0. The van der Waals surface area contributed by atoms with E-state index >= 15 is 0 Å². The molecule has 0 fully saturated rings. The number of carbonyl (C=O) groups excluding carboxylic acids is 1. The monoisotopic (exact) mass is 461 g/mol. The minimum absolute atomic E-state index is 0.0498. The number of aromatic nitrogens is 2. The standard InChI is InChI=1S/C25H23N3O2S2/c29-22(26-19-12-6-4-10-17(19)16-8-2-1-3-9-16)15-31-14-21-27-24(30)23-18-11-5-7-13-20(18)32-25(23)28-21/h1-4,6,8-10,12H,5,7,11,13-15H2,(H,26,29)(H,27,28,30). The van der Waals surface area contributed by atoms with Gasteiger partial charge in [-0.2, -0.15) is 0 Å². The van der Waals surface area contributed by atoms with E-state index in [1.165, 1.54) is 28.6 Å². The lowest BCUT2D eigenvalue weighted by Gasteiger charge is -2.11. The van der Waals surface area contributed by atoms with Crippen LogP contribution in [0.3, 0.4) is 0 Å². The molecule has 2 N–H and O–H groups in total. The summed E-state index contributed by atoms with van der Waals surface area (Å²) in [6, 6.07) is 17.8. The summed E-state index contributed by atoms with van der Waals surface area (Å²) in [5.74, 6) is 1.32. The van der Waals surface area contributed by atoms with Crippen LogP contribution in [0.5, 0.6) is 0 Å². The van der Waals surface area contributed by atoms with Crippen LogP contribution >= 0.6 is 23.1 Å². The Morgan fingerprint density at radius 1 is 1.06 bits per heavy atom. The van der Waals surface area contributed by atoms with Crippen LogP contribution in [0.25, 0.3) is 21.3 Å². The third-order valence-electron chi connectivity index (χ3n) is 5.63. The van der Waals surface area contributed by atoms with Gasteiger partial charge < -0.3 is 10.3 Å². The molecular weight excluding hydrogens is 438 g/mol. The molecule has 2 heterocycles. The number of para-hydroxylation sites is 1. The van der Waals surface area contributed by atoms with E-state index in [0.29, 0.717) is 11.6 Å². The van der Waals surface area contributed by atoms with Gasteiger partial charge >= 0.3 is 0 Å². The molecule has 4 aromatic rings. The first-order chi connectivity index (χ1) is 15.7. The lowest BCUT2D eigenvalue weighted by molar-refractivity contribution is -0.113. The van der Waals surface area contributed by atoms with Gasteiger partial charge in [-0.05, 0) is 42.9 Å². The van der Waals surface area contributed by atoms with E-state index in [2.05, 4.69) is 15.3 Å². The van der Waals surface area contributed by atoms with Gasteiger partial charge in [-0.1, -0.05) is 48.5 Å². The number of thiophene rings is 1. The van der Waals surface area contributed by atoms with Crippen molar-refractivity contribution in [2.75, 3.05) is 11.1 Å². The maximum Gasteiger partial charge on any atom is 0.259 e. The van der Waals surface area contributed by atoms with Crippen molar-refractivity contribution in [3.05, 3.63) is 81.2 Å². The first-order valence-corrected chi connectivity index (χ1v) is 12.7. The van der Waals surface area contributed by atoms with Crippen molar-refractivity contribution in [2.24, 2.45) is 0 Å². The van der Waals surface area contributed by atoms with Crippen molar-refractivity contribution < 1.29 is 4.79 Å². The zero-order valence-electron chi connectivity index (χ0n) is 17.5. The summed E-state index contributed by atoms with van der Waals surface area (Å²) >= 11 is 3.10. The first-order valence-electron chi connectivity index (χ1n) is 10.7. The molecule has 1 aliphatic rings. The van der Waals surface area contributed by atoms with Crippen LogP contribution < -0.4 is 10.9 Å². The van der Waals surface area contributed by atoms with E-state index in [4.69, 9.17) is 0 Å². The van der Waals surface area contributed by atoms with E-state index < -0.39 is 0 Å². The molecule has 2 aromatic heterocycles. The van der Waals surface area contributed by atoms with Crippen LogP contribution in [0, 0.1) is 0 Å². The Kier molecular flexibility index (Phi) is 6.10. The summed E-state index contributed by atoms with van der Waals surface area (Å²) < 4.78 is 0. The second-order valence-corrected chi connectivity index (χ2v) is 9.93. The molecule has 0 bridgehead atoms. The molecule has 32 heavy (non-hydrogen) atoms. The summed E-state index contributed by atoms with van der Waals surface area (Å²) in [5, 5.41) is 3.79. The maximum atomic E-state index is 12.7. The molecule has 0 unspecified atom stereocenters. The highest BCUT2D eigenvalue weighted by Crippen LogP contribution is 2.33. The summed E-state index contributed by atoms with van der Waals surface area (Å²) in [6.07, 6.45) is 4.34. The van der Waals surface area contributed by atoms with Crippen molar-refractivity contribution in [3.63, 3.8) is 0 Å². The Morgan fingerprint density at radius 3 is 2.72 bits per heavy atom. The number of hydrogen-bond donors (Lipinski definition) is 2. The highest BCUT2D eigenvalue weighted by atomic mass is 32.2. The molecular formula is C25H23N3O2S2. The van der Waals surface area contributed by atoms with Gasteiger partial charge in [0.25, 0.3) is 5.56 Å². The van der Waals surface area contributed by atoms with Crippen molar-refractivity contribution >= 4 is 44.9 Å². The molecule has 0 atom stereocenters. The number of aryl methyl sites for hydroxylation is 2. The number of nitrogens with one attached hydrogen (secondary N) is 2. The number of amides is 1. The van der Waals surface area contributed by atoms with Gasteiger partial charge in [0, 0.05) is 16.1 Å². The van der Waals surface area contributed by atoms with Crippen LogP contribution in [0.2, 0.25) is 0 Å². The molecule has 2 aromatic carbocycles. The molecule has 7 heteroatoms. The van der Waals surface area contributed by atoms with E-state index in [0.717, 1.165) is 46.3 Å². The Balaban J connectivity index is 1.24. The third-order valence-corrected chi connectivity index (χ3v) is 7.76. The average Bonchev–Trinajstić information content (AvgIpc) is 3.19. The highest BCUT2D eigenvalue weighted by molar-refractivity contribution is 7.99. The lowest BCUT2D eigenvalue weighted by atomic mass is 9.97. The van der Waals surface area contributed by atoms with E-state index in [-0.39, 0.29) is 17.2 Å². The Labute approximate surface area is 194 Å². The van der Waals surface area contributed by atoms with Gasteiger partial charge in [-0.25, -0.2) is 4.98 Å². The van der Waals surface area contributed by atoms with Gasteiger partial charge in [0.2, 0.25) is 5.91 Å². The van der Waals surface area contributed by atoms with E-state index in [9.17, 15) is 9.59 Å². The molecule has 0 aliphatic heterocycles. The highest BCUT2D eigenvalue weighted by Gasteiger charge is 2.19. The second kappa shape index (κ2) is 9.30. The SMILES string of the molecule is O=C(CSCc1nc2sc3c(c2c(=O)[nH]1)CCCC3)Nc1ccccc1-c1ccccc1. The quantitative estimate of drug-likeness (QED) is 0.403. The number of hydrogen-bond acceptors (Lipinski definition) is 5. The number of fused-ring (bicyclic) bond motifs is 3. The molecule has 162 valence electrons. The Morgan fingerprint density at radius 2 is 1.84 bits per heavy atom. The minimum atomic E-state index is -0.0756. The summed E-state index contributed by atoms with van der Waals surface area (Å²) in [7, 11) is 0. The molecule has 0 saturated heterocycles. The fourth-order valence-corrected chi connectivity index (χ4v) is 6.14. The zero-order chi connectivity index (χ0) is 21.9. The minimum Gasteiger partial charge on any atom is -0.325 e. The van der Waals surface area contributed by atoms with Crippen LogP contribution in [0.1, 0.15) is 29.1 Å². The predicted octanol–water partition coefficient (Wildman–Crippen LogP) is 5.40. The smallest absolute Gasteiger partial charge is 0.259 e. The van der Waals surface area contributed by atoms with Crippen molar-refractivity contribution in [1.29, 1.82) is 0 Å². The molecule has 0 radical (unpaired) electrons. The number of anilines is 1. The average molecular weight is 462 g/mol. The second-order valence-electron chi connectivity index (χ2n) is 7.86. The molecule has 0 saturated carbocycles. The maximum absolute atomic E-state index is 12.7. The van der Waals surface area contributed by atoms with E-state index in [1.807, 2.05) is 54.6 Å². The molecule has 5 rings (SSSR count). The number of H-pyrrole nitrogens is 1. The topological polar surface area (TPSA) is 74.8 Å². The summed E-state index contributed by atoms with van der Waals surface area (Å²) in [4.78, 5) is 35.0. The predicted molar refractivity (Wildman–Crippen MR) is 134 cm³/mol. The number of aromatic amines is 1. The fraction of sp³-hybridized carbons (Fsp3) is 0.240. The van der Waals surface area contributed by atoms with Crippen LogP contribution in [-0.4, -0.2) is 21.6 Å². The van der Waals surface area contributed by atoms with Crippen LogP contribution in [0.15, 0.2) is 59.4 Å². The Hall–Kier alpha value is -2.90. The van der Waals surface area contributed by atoms with Crippen LogP contribution in [-0.2, 0) is 23.4 Å². The normalized spacial score (nSPS) is 13.1. The van der Waals surface area contributed by atoms with Gasteiger partial charge in [0.1, 0.15) is 10.7 Å². The number of nitrogens with zero attached hydrogens (tertiary/aromatic N) is 1. The van der Waals surface area contributed by atoms with Gasteiger partial charge in [-0.3, -0.25) is 9.59 Å². The number of thioether (sulfide) groups is 1. The van der Waals surface area contributed by atoms with Crippen molar-refractivity contribution in [3.8, 4) is 11.1 Å². The fourth-order valence-electron chi connectivity index (χ4n) is 4.17. The van der Waals surface area contributed by atoms with Gasteiger partial charge in [0.05, 0.1) is 16.9 Å². The molecule has 5 nitrogen and oxygen atoms in total. The summed E-state index contributed by atoms with van der Waals surface area (Å²) in [5.41, 5.74) is 3.99. The largest absolute Gasteiger partial charge is 0.325 e. The number of carbonyl (C=O) groups is 1. The van der Waals surface area contributed by atoms with Gasteiger partial charge in [0.15, 0.2) is 0 Å². The molecule has 1 aliphatic carbocycles. The van der Waals surface area contributed by atoms with E-state index in [1.54, 1.807) is 11.3 Å². The first kappa shape index (κ1) is 21.0. The Bertz CT molecular complexity index is 1330. The van der Waals surface area contributed by atoms with Gasteiger partial charge in [-0.15, -0.1) is 23.1 Å². The van der Waals surface area contributed by atoms with Crippen molar-refractivity contribution in [2.45, 2.75) is 31.4 Å². The van der Waals surface area contributed by atoms with Crippen LogP contribution in [0.4, 0.5) is 5.69 Å². The molecule has 0 spiro atoms. The number of rotatable bonds is 6. The zero-order valence-corrected chi connectivity index (χ0v) is 19.2. The third kappa shape index (κ3) is 4.36. The lowest BCUT2D eigenvalue weighted by Crippen LogP contribution is -2.16.